The van der Waals surface area contributed by atoms with Crippen molar-refractivity contribution in [3.63, 3.8) is 0 Å². The van der Waals surface area contributed by atoms with Crippen molar-refractivity contribution in [1.29, 1.82) is 0 Å². The van der Waals surface area contributed by atoms with Crippen molar-refractivity contribution in [1.82, 2.24) is 0 Å². The van der Waals surface area contributed by atoms with Crippen molar-refractivity contribution in [2.24, 2.45) is 11.8 Å². The molecule has 1 rings (SSSR count). The number of hydrogen-bond donors (Lipinski definition) is 0. The van der Waals surface area contributed by atoms with E-state index in [0.29, 0.717) is 50.8 Å². The first-order valence-corrected chi connectivity index (χ1v) is 10.1. The quantitative estimate of drug-likeness (QED) is 0.248. The predicted octanol–water partition coefficient (Wildman–Crippen LogP) is 4.61. The van der Waals surface area contributed by atoms with Gasteiger partial charge in [0.05, 0.1) is 26.4 Å². The number of carbonyl (C=O) groups excluding carboxylic acids is 1. The Balaban J connectivity index is 2.16. The average Bonchev–Trinajstić information content (AvgIpc) is 2.67. The summed E-state index contributed by atoms with van der Waals surface area (Å²) in [6.07, 6.45) is 2.33. The first kappa shape index (κ1) is 24.2. The maximum atomic E-state index is 10.8. The molecule has 1 aromatic rings. The minimum atomic E-state index is -0.440. The highest BCUT2D eigenvalue weighted by molar-refractivity contribution is 5.81. The normalized spacial score (nSPS) is 12.2. The smallest absolute Gasteiger partial charge is 0.330 e. The number of hydrogen-bond acceptors (Lipinski definition) is 5. The second-order valence-corrected chi connectivity index (χ2v) is 7.49. The van der Waals surface area contributed by atoms with Crippen LogP contribution in [0.4, 0.5) is 0 Å². The van der Waals surface area contributed by atoms with Crippen LogP contribution in [-0.4, -0.2) is 45.6 Å². The van der Waals surface area contributed by atoms with Crippen LogP contribution < -0.4 is 4.74 Å². The summed E-state index contributed by atoms with van der Waals surface area (Å²) in [7, 11) is 0. The van der Waals surface area contributed by atoms with Crippen LogP contribution in [0.5, 0.6) is 5.75 Å². The van der Waals surface area contributed by atoms with Crippen LogP contribution in [0.3, 0.4) is 0 Å². The molecule has 0 radical (unpaired) electrons. The highest BCUT2D eigenvalue weighted by Crippen LogP contribution is 2.31. The molecule has 1 atom stereocenters. The van der Waals surface area contributed by atoms with Crippen LogP contribution >= 0.6 is 0 Å². The second kappa shape index (κ2) is 14.2. The van der Waals surface area contributed by atoms with E-state index < -0.39 is 5.97 Å². The van der Waals surface area contributed by atoms with Crippen LogP contribution in [0.25, 0.3) is 0 Å². The van der Waals surface area contributed by atoms with Crippen molar-refractivity contribution < 1.29 is 23.7 Å². The first-order chi connectivity index (χ1) is 13.4. The molecule has 5 heteroatoms. The molecule has 0 saturated heterocycles. The maximum absolute atomic E-state index is 10.8. The number of rotatable bonds is 15. The van der Waals surface area contributed by atoms with Gasteiger partial charge in [-0.25, -0.2) is 4.79 Å². The third kappa shape index (κ3) is 10.5. The minimum Gasteiger partial charge on any atom is -0.491 e. The van der Waals surface area contributed by atoms with Gasteiger partial charge in [-0.15, -0.1) is 0 Å². The number of carbonyl (C=O) groups is 1. The topological polar surface area (TPSA) is 54.0 Å². The lowest BCUT2D eigenvalue weighted by Crippen LogP contribution is -2.13. The molecule has 0 heterocycles. The summed E-state index contributed by atoms with van der Waals surface area (Å²) < 4.78 is 21.3. The van der Waals surface area contributed by atoms with Gasteiger partial charge in [-0.1, -0.05) is 46.4 Å². The second-order valence-electron chi connectivity index (χ2n) is 7.49. The molecular formula is C23H36O5. The first-order valence-electron chi connectivity index (χ1n) is 10.1. The van der Waals surface area contributed by atoms with Crippen LogP contribution in [0.15, 0.2) is 36.9 Å². The fraction of sp³-hybridized carbons (Fsp3) is 0.609. The Morgan fingerprint density at radius 3 is 2.04 bits per heavy atom. The van der Waals surface area contributed by atoms with Gasteiger partial charge in [-0.05, 0) is 41.9 Å². The molecule has 5 nitrogen and oxygen atoms in total. The van der Waals surface area contributed by atoms with Crippen molar-refractivity contribution in [3.8, 4) is 5.75 Å². The Labute approximate surface area is 170 Å². The van der Waals surface area contributed by atoms with Gasteiger partial charge in [0.15, 0.2) is 0 Å². The number of esters is 1. The minimum absolute atomic E-state index is 0.221. The average molecular weight is 393 g/mol. The van der Waals surface area contributed by atoms with Crippen molar-refractivity contribution in [2.75, 3.05) is 39.6 Å². The highest BCUT2D eigenvalue weighted by Gasteiger charge is 2.17. The van der Waals surface area contributed by atoms with Crippen molar-refractivity contribution >= 4 is 5.97 Å². The molecule has 0 N–H and O–H groups in total. The predicted molar refractivity (Wildman–Crippen MR) is 112 cm³/mol. The standard InChI is InChI=1S/C23H36O5/c1-6-23(24)28-16-14-26-12-11-25-13-15-27-21-9-7-20(8-10-21)22(19(4)5)17-18(2)3/h6-10,18-19,22H,1,11-17H2,2-5H3. The largest absolute Gasteiger partial charge is 0.491 e. The van der Waals surface area contributed by atoms with Crippen molar-refractivity contribution in [3.05, 3.63) is 42.5 Å². The molecule has 0 fully saturated rings. The summed E-state index contributed by atoms with van der Waals surface area (Å²) in [5, 5.41) is 0. The summed E-state index contributed by atoms with van der Waals surface area (Å²) in [6.45, 7) is 14.9. The summed E-state index contributed by atoms with van der Waals surface area (Å²) in [6, 6.07) is 8.43. The van der Waals surface area contributed by atoms with E-state index in [-0.39, 0.29) is 6.61 Å². The third-order valence-corrected chi connectivity index (χ3v) is 4.35. The van der Waals surface area contributed by atoms with Gasteiger partial charge < -0.3 is 18.9 Å². The molecule has 0 spiro atoms. The fourth-order valence-corrected chi connectivity index (χ4v) is 2.91. The van der Waals surface area contributed by atoms with Crippen molar-refractivity contribution in [2.45, 2.75) is 40.0 Å². The van der Waals surface area contributed by atoms with E-state index in [1.54, 1.807) is 0 Å². The van der Waals surface area contributed by atoms with Gasteiger partial charge in [0, 0.05) is 6.08 Å². The zero-order valence-corrected chi connectivity index (χ0v) is 17.8. The molecular weight excluding hydrogens is 356 g/mol. The summed E-state index contributed by atoms with van der Waals surface area (Å²) in [4.78, 5) is 10.8. The van der Waals surface area contributed by atoms with Gasteiger partial charge >= 0.3 is 5.97 Å². The van der Waals surface area contributed by atoms with Crippen LogP contribution in [-0.2, 0) is 19.0 Å². The van der Waals surface area contributed by atoms with Gasteiger partial charge in [0.2, 0.25) is 0 Å². The molecule has 0 amide bonds. The highest BCUT2D eigenvalue weighted by atomic mass is 16.6. The van der Waals surface area contributed by atoms with Crippen LogP contribution in [0, 0.1) is 11.8 Å². The number of benzene rings is 1. The Hall–Kier alpha value is -1.85. The molecule has 0 aliphatic rings. The SMILES string of the molecule is C=CC(=O)OCCOCCOCCOc1ccc(C(CC(C)C)C(C)C)cc1. The Kier molecular flexibility index (Phi) is 12.3. The summed E-state index contributed by atoms with van der Waals surface area (Å²) in [5.74, 6) is 2.31. The van der Waals surface area contributed by atoms with Gasteiger partial charge in [-0.3, -0.25) is 0 Å². The molecule has 28 heavy (non-hydrogen) atoms. The van der Waals surface area contributed by atoms with E-state index in [1.807, 2.05) is 12.1 Å². The van der Waals surface area contributed by atoms with Crippen LogP contribution in [0.1, 0.15) is 45.6 Å². The Bertz CT molecular complexity index is 551. The molecule has 158 valence electrons. The van der Waals surface area contributed by atoms with E-state index in [4.69, 9.17) is 18.9 Å². The zero-order chi connectivity index (χ0) is 20.8. The maximum Gasteiger partial charge on any atom is 0.330 e. The lowest BCUT2D eigenvalue weighted by molar-refractivity contribution is -0.139. The van der Waals surface area contributed by atoms with E-state index in [0.717, 1.165) is 11.8 Å². The lowest BCUT2D eigenvalue weighted by Gasteiger charge is -2.23. The van der Waals surface area contributed by atoms with E-state index in [1.165, 1.54) is 12.0 Å². The summed E-state index contributed by atoms with van der Waals surface area (Å²) in [5.41, 5.74) is 1.38. The molecule has 0 bridgehead atoms. The molecule has 1 unspecified atom stereocenters. The van der Waals surface area contributed by atoms with Gasteiger partial charge in [0.1, 0.15) is 19.0 Å². The van der Waals surface area contributed by atoms with E-state index in [2.05, 4.69) is 46.4 Å². The fourth-order valence-electron chi connectivity index (χ4n) is 2.91. The third-order valence-electron chi connectivity index (χ3n) is 4.35. The van der Waals surface area contributed by atoms with Gasteiger partial charge in [0.25, 0.3) is 0 Å². The molecule has 0 aliphatic carbocycles. The van der Waals surface area contributed by atoms with E-state index >= 15 is 0 Å². The Morgan fingerprint density at radius 2 is 1.50 bits per heavy atom. The molecule has 0 aliphatic heterocycles. The van der Waals surface area contributed by atoms with Gasteiger partial charge in [-0.2, -0.15) is 0 Å². The van der Waals surface area contributed by atoms with Crippen LogP contribution in [0.2, 0.25) is 0 Å². The molecule has 0 saturated carbocycles. The lowest BCUT2D eigenvalue weighted by atomic mass is 9.82. The molecule has 0 aromatic heterocycles. The summed E-state index contributed by atoms with van der Waals surface area (Å²) >= 11 is 0. The number of ether oxygens (including phenoxy) is 4. The van der Waals surface area contributed by atoms with E-state index in [9.17, 15) is 4.79 Å². The monoisotopic (exact) mass is 392 g/mol. The Morgan fingerprint density at radius 1 is 0.929 bits per heavy atom. The zero-order valence-electron chi connectivity index (χ0n) is 17.8. The molecule has 1 aromatic carbocycles.